The van der Waals surface area contributed by atoms with Crippen molar-refractivity contribution in [2.45, 2.75) is 44.3 Å². The second kappa shape index (κ2) is 6.77. The van der Waals surface area contributed by atoms with Crippen molar-refractivity contribution >= 4 is 24.0 Å². The first-order valence-corrected chi connectivity index (χ1v) is 7.46. The summed E-state index contributed by atoms with van der Waals surface area (Å²) in [7, 11) is 0. The molecule has 2 aliphatic heterocycles. The molecule has 116 valence electrons. The van der Waals surface area contributed by atoms with E-state index < -0.39 is 0 Å². The summed E-state index contributed by atoms with van der Waals surface area (Å²) in [5.74, 6) is 0.608. The van der Waals surface area contributed by atoms with Crippen molar-refractivity contribution in [1.82, 2.24) is 0 Å². The van der Waals surface area contributed by atoms with Crippen molar-refractivity contribution in [2.75, 3.05) is 18.0 Å². The summed E-state index contributed by atoms with van der Waals surface area (Å²) in [6, 6.07) is 8.20. The number of halogens is 1. The largest absolute Gasteiger partial charge is 0.364 e. The Labute approximate surface area is 132 Å². The van der Waals surface area contributed by atoms with Gasteiger partial charge in [-0.25, -0.2) is 0 Å². The third kappa shape index (κ3) is 3.07. The number of hydrogen-bond donors (Lipinski definition) is 1. The number of fused-ring (bicyclic) bond motifs is 1. The minimum atomic E-state index is -0.315. The topological polar surface area (TPSA) is 55.6 Å². The summed E-state index contributed by atoms with van der Waals surface area (Å²) in [5.41, 5.74) is 7.94. The van der Waals surface area contributed by atoms with Crippen LogP contribution in [0, 0.1) is 0 Å². The van der Waals surface area contributed by atoms with Gasteiger partial charge < -0.3 is 15.4 Å². The number of nitrogens with zero attached hydrogens (tertiary/aromatic N) is 1. The van der Waals surface area contributed by atoms with Gasteiger partial charge in [0, 0.05) is 18.8 Å². The molecule has 1 unspecified atom stereocenters. The summed E-state index contributed by atoms with van der Waals surface area (Å²) < 4.78 is 5.75. The Kier molecular flexibility index (Phi) is 5.25. The molecule has 1 aromatic carbocycles. The van der Waals surface area contributed by atoms with Crippen molar-refractivity contribution in [3.8, 4) is 0 Å². The van der Waals surface area contributed by atoms with Crippen LogP contribution < -0.4 is 10.6 Å². The molecule has 3 rings (SSSR count). The monoisotopic (exact) mass is 310 g/mol. The molecule has 0 radical (unpaired) electrons. The Bertz CT molecular complexity index is 509. The van der Waals surface area contributed by atoms with Crippen LogP contribution in [-0.2, 0) is 9.53 Å². The fraction of sp³-hybridized carbons (Fsp3) is 0.562. The van der Waals surface area contributed by atoms with Crippen LogP contribution in [0.25, 0.3) is 0 Å². The highest BCUT2D eigenvalue weighted by atomic mass is 35.5. The first-order valence-electron chi connectivity index (χ1n) is 7.46. The minimum absolute atomic E-state index is 0. The second-order valence-electron chi connectivity index (χ2n) is 5.80. The van der Waals surface area contributed by atoms with Gasteiger partial charge in [-0.2, -0.15) is 0 Å². The normalized spacial score (nSPS) is 27.9. The summed E-state index contributed by atoms with van der Waals surface area (Å²) >= 11 is 0. The van der Waals surface area contributed by atoms with Gasteiger partial charge in [0.2, 0.25) is 0 Å². The molecule has 0 aromatic heterocycles. The lowest BCUT2D eigenvalue weighted by Crippen LogP contribution is -2.43. The summed E-state index contributed by atoms with van der Waals surface area (Å²) in [4.78, 5) is 14.6. The molecule has 1 saturated heterocycles. The highest BCUT2D eigenvalue weighted by molar-refractivity contribution is 5.98. The van der Waals surface area contributed by atoms with Gasteiger partial charge in [-0.15, -0.1) is 12.4 Å². The molecule has 0 saturated carbocycles. The summed E-state index contributed by atoms with van der Waals surface area (Å²) in [5, 5.41) is 0. The number of ether oxygens (including phenoxy) is 1. The number of para-hydroxylation sites is 1. The lowest BCUT2D eigenvalue weighted by atomic mass is 9.91. The predicted octanol–water partition coefficient (Wildman–Crippen LogP) is 2.45. The van der Waals surface area contributed by atoms with Gasteiger partial charge >= 0.3 is 0 Å². The molecule has 4 nitrogen and oxygen atoms in total. The fourth-order valence-corrected chi connectivity index (χ4v) is 3.21. The Morgan fingerprint density at radius 1 is 1.33 bits per heavy atom. The van der Waals surface area contributed by atoms with E-state index in [1.807, 2.05) is 23.1 Å². The fourth-order valence-electron chi connectivity index (χ4n) is 3.21. The van der Waals surface area contributed by atoms with Crippen molar-refractivity contribution in [3.63, 3.8) is 0 Å². The molecule has 2 heterocycles. The quantitative estimate of drug-likeness (QED) is 0.913. The van der Waals surface area contributed by atoms with E-state index in [1.54, 1.807) is 0 Å². The molecule has 1 aromatic rings. The third-order valence-corrected chi connectivity index (χ3v) is 4.46. The maximum absolute atomic E-state index is 12.7. The van der Waals surface area contributed by atoms with Crippen LogP contribution in [0.2, 0.25) is 0 Å². The van der Waals surface area contributed by atoms with Crippen molar-refractivity contribution in [2.24, 2.45) is 5.73 Å². The lowest BCUT2D eigenvalue weighted by molar-refractivity contribution is -0.129. The minimum Gasteiger partial charge on any atom is -0.364 e. The number of carbonyl (C=O) groups is 1. The number of nitrogens with two attached hydrogens (primary N) is 1. The van der Waals surface area contributed by atoms with E-state index in [1.165, 1.54) is 5.56 Å². The number of rotatable bonds is 2. The molecule has 0 aliphatic carbocycles. The molecule has 5 heteroatoms. The average Bonchev–Trinajstić information content (AvgIpc) is 2.96. The molecule has 2 N–H and O–H groups in total. The van der Waals surface area contributed by atoms with Gasteiger partial charge in [0.1, 0.15) is 6.10 Å². The zero-order chi connectivity index (χ0) is 14.1. The molecule has 3 atom stereocenters. The van der Waals surface area contributed by atoms with Crippen LogP contribution in [-0.4, -0.2) is 31.2 Å². The average molecular weight is 311 g/mol. The van der Waals surface area contributed by atoms with Crippen LogP contribution in [0.5, 0.6) is 0 Å². The van der Waals surface area contributed by atoms with E-state index in [0.29, 0.717) is 12.5 Å². The molecular formula is C16H23ClN2O2. The third-order valence-electron chi connectivity index (χ3n) is 4.46. The molecule has 1 amide bonds. The summed E-state index contributed by atoms with van der Waals surface area (Å²) in [6.45, 7) is 3.50. The van der Waals surface area contributed by atoms with Gasteiger partial charge in [0.15, 0.2) is 0 Å². The second-order valence-corrected chi connectivity index (χ2v) is 5.80. The number of anilines is 1. The Balaban J connectivity index is 0.00000161. The van der Waals surface area contributed by atoms with Crippen molar-refractivity contribution in [1.29, 1.82) is 0 Å². The SMILES string of the molecule is CC1CCN(C(=O)[C@@H]2CC[C@H](CN)O2)c2ccccc21.Cl. The van der Waals surface area contributed by atoms with E-state index in [4.69, 9.17) is 10.5 Å². The molecule has 1 fully saturated rings. The van der Waals surface area contributed by atoms with Crippen molar-refractivity contribution < 1.29 is 9.53 Å². The van der Waals surface area contributed by atoms with E-state index >= 15 is 0 Å². The van der Waals surface area contributed by atoms with Gasteiger partial charge in [0.05, 0.1) is 6.10 Å². The standard InChI is InChI=1S/C16H22N2O2.ClH/c1-11-8-9-18(14-5-3-2-4-13(11)14)16(19)15-7-6-12(10-17)20-15;/h2-5,11-12,15H,6-10,17H2,1H3;1H/t11?,12-,15+;/m1./s1. The Morgan fingerprint density at radius 2 is 2.10 bits per heavy atom. The number of hydrogen-bond acceptors (Lipinski definition) is 3. The van der Waals surface area contributed by atoms with E-state index in [0.717, 1.165) is 31.5 Å². The van der Waals surface area contributed by atoms with Gasteiger partial charge in [-0.1, -0.05) is 25.1 Å². The maximum Gasteiger partial charge on any atom is 0.256 e. The van der Waals surface area contributed by atoms with Gasteiger partial charge in [-0.05, 0) is 36.8 Å². The number of amides is 1. The number of benzene rings is 1. The summed E-state index contributed by atoms with van der Waals surface area (Å²) in [6.07, 6.45) is 2.41. The first kappa shape index (κ1) is 16.3. The van der Waals surface area contributed by atoms with E-state index in [2.05, 4.69) is 13.0 Å². The highest BCUT2D eigenvalue weighted by Gasteiger charge is 2.35. The van der Waals surface area contributed by atoms with Crippen LogP contribution in [0.4, 0.5) is 5.69 Å². The number of carbonyl (C=O) groups excluding carboxylic acids is 1. The van der Waals surface area contributed by atoms with Crippen LogP contribution >= 0.6 is 12.4 Å². The molecular weight excluding hydrogens is 288 g/mol. The van der Waals surface area contributed by atoms with Gasteiger partial charge in [-0.3, -0.25) is 4.79 Å². The lowest BCUT2D eigenvalue weighted by Gasteiger charge is -2.34. The first-order chi connectivity index (χ1) is 9.70. The maximum atomic E-state index is 12.7. The predicted molar refractivity (Wildman–Crippen MR) is 86.0 cm³/mol. The zero-order valence-corrected chi connectivity index (χ0v) is 13.1. The molecule has 2 aliphatic rings. The molecule has 0 spiro atoms. The van der Waals surface area contributed by atoms with Crippen LogP contribution in [0.1, 0.15) is 37.7 Å². The Morgan fingerprint density at radius 3 is 2.81 bits per heavy atom. The zero-order valence-electron chi connectivity index (χ0n) is 12.3. The van der Waals surface area contributed by atoms with Gasteiger partial charge in [0.25, 0.3) is 5.91 Å². The smallest absolute Gasteiger partial charge is 0.256 e. The molecule has 21 heavy (non-hydrogen) atoms. The van der Waals surface area contributed by atoms with Crippen LogP contribution in [0.15, 0.2) is 24.3 Å². The Hall–Kier alpha value is -1.10. The highest BCUT2D eigenvalue weighted by Crippen LogP contribution is 2.36. The van der Waals surface area contributed by atoms with Crippen molar-refractivity contribution in [3.05, 3.63) is 29.8 Å². The van der Waals surface area contributed by atoms with Crippen LogP contribution in [0.3, 0.4) is 0 Å². The molecule has 0 bridgehead atoms. The van der Waals surface area contributed by atoms with E-state index in [-0.39, 0.29) is 30.5 Å². The van der Waals surface area contributed by atoms with E-state index in [9.17, 15) is 4.79 Å².